The van der Waals surface area contributed by atoms with Gasteiger partial charge in [-0.25, -0.2) is 0 Å². The molecule has 0 unspecified atom stereocenters. The van der Waals surface area contributed by atoms with Gasteiger partial charge in [-0.05, 0) is 37.3 Å². The summed E-state index contributed by atoms with van der Waals surface area (Å²) in [6.45, 7) is 6.07. The Balaban J connectivity index is 1.60. The number of aromatic nitrogens is 2. The van der Waals surface area contributed by atoms with Gasteiger partial charge in [0.2, 0.25) is 5.91 Å². The predicted molar refractivity (Wildman–Crippen MR) is 85.5 cm³/mol. The van der Waals surface area contributed by atoms with Crippen LogP contribution in [0.3, 0.4) is 0 Å². The minimum Gasteiger partial charge on any atom is -0.354 e. The number of hydrogen-bond donors (Lipinski definition) is 2. The average molecular weight is 306 g/mol. The van der Waals surface area contributed by atoms with Crippen molar-refractivity contribution in [2.45, 2.75) is 32.9 Å². The molecule has 0 aliphatic heterocycles. The molecule has 21 heavy (non-hydrogen) atoms. The zero-order valence-electron chi connectivity index (χ0n) is 12.5. The van der Waals surface area contributed by atoms with Crippen molar-refractivity contribution in [3.63, 3.8) is 0 Å². The first-order valence-corrected chi connectivity index (χ1v) is 8.05. The second-order valence-electron chi connectivity index (χ2n) is 5.08. The molecule has 0 fully saturated rings. The molecule has 0 saturated carbocycles. The van der Waals surface area contributed by atoms with Crippen LogP contribution in [0.5, 0.6) is 0 Å². The number of carbonyl (C=O) groups is 1. The molecule has 0 bridgehead atoms. The van der Waals surface area contributed by atoms with E-state index >= 15 is 0 Å². The molecule has 5 nitrogen and oxygen atoms in total. The fraction of sp³-hybridized carbons (Fsp3) is 0.467. The first-order chi connectivity index (χ1) is 10.1. The van der Waals surface area contributed by atoms with Crippen LogP contribution in [0.4, 0.5) is 0 Å². The summed E-state index contributed by atoms with van der Waals surface area (Å²) in [5.41, 5.74) is 1.15. The summed E-state index contributed by atoms with van der Waals surface area (Å²) in [7, 11) is 0. The molecule has 2 heterocycles. The van der Waals surface area contributed by atoms with Gasteiger partial charge in [0.05, 0.1) is 18.8 Å². The Hall–Kier alpha value is -1.66. The Morgan fingerprint density at radius 2 is 2.33 bits per heavy atom. The number of nitrogens with zero attached hydrogens (tertiary/aromatic N) is 2. The highest BCUT2D eigenvalue weighted by Crippen LogP contribution is 2.08. The van der Waals surface area contributed by atoms with Crippen molar-refractivity contribution >= 4 is 17.2 Å². The Kier molecular flexibility index (Phi) is 5.95. The molecule has 2 aromatic rings. The molecule has 2 rings (SSSR count). The standard InChI is InChI=1S/C15H22N4OS/c1-12-10-18-19(11-12)8-7-16-13(2)15(20)17-6-5-14-4-3-9-21-14/h3-4,9-11,13,16H,5-8H2,1-2H3,(H,17,20)/t13-/m1/s1. The maximum Gasteiger partial charge on any atom is 0.236 e. The number of thiophene rings is 1. The summed E-state index contributed by atoms with van der Waals surface area (Å²) in [6, 6.07) is 3.93. The van der Waals surface area contributed by atoms with E-state index in [4.69, 9.17) is 0 Å². The molecule has 0 saturated heterocycles. The van der Waals surface area contributed by atoms with Gasteiger partial charge >= 0.3 is 0 Å². The van der Waals surface area contributed by atoms with E-state index in [0.29, 0.717) is 6.54 Å². The van der Waals surface area contributed by atoms with Gasteiger partial charge in [0.25, 0.3) is 0 Å². The summed E-state index contributed by atoms with van der Waals surface area (Å²) in [6.07, 6.45) is 4.72. The van der Waals surface area contributed by atoms with E-state index in [1.807, 2.05) is 37.0 Å². The van der Waals surface area contributed by atoms with Crippen LogP contribution in [0.15, 0.2) is 29.9 Å². The lowest BCUT2D eigenvalue weighted by atomic mass is 10.3. The van der Waals surface area contributed by atoms with Gasteiger partial charge in [0.15, 0.2) is 0 Å². The third-order valence-corrected chi connectivity index (χ3v) is 4.13. The maximum atomic E-state index is 11.9. The summed E-state index contributed by atoms with van der Waals surface area (Å²) in [4.78, 5) is 13.2. The van der Waals surface area contributed by atoms with Crippen LogP contribution in [-0.4, -0.2) is 34.8 Å². The monoisotopic (exact) mass is 306 g/mol. The fourth-order valence-electron chi connectivity index (χ4n) is 1.99. The third kappa shape index (κ3) is 5.32. The Morgan fingerprint density at radius 1 is 1.48 bits per heavy atom. The quantitative estimate of drug-likeness (QED) is 0.778. The first kappa shape index (κ1) is 15.7. The smallest absolute Gasteiger partial charge is 0.236 e. The second kappa shape index (κ2) is 7.95. The van der Waals surface area contributed by atoms with Crippen molar-refractivity contribution in [1.29, 1.82) is 0 Å². The molecule has 1 atom stereocenters. The molecular weight excluding hydrogens is 284 g/mol. The van der Waals surface area contributed by atoms with Gasteiger partial charge in [-0.2, -0.15) is 5.10 Å². The molecule has 2 aromatic heterocycles. The van der Waals surface area contributed by atoms with Crippen molar-refractivity contribution in [2.24, 2.45) is 0 Å². The Morgan fingerprint density at radius 3 is 3.00 bits per heavy atom. The summed E-state index contributed by atoms with van der Waals surface area (Å²) < 4.78 is 1.88. The summed E-state index contributed by atoms with van der Waals surface area (Å²) in [5.74, 6) is 0.0446. The van der Waals surface area contributed by atoms with Gasteiger partial charge in [-0.15, -0.1) is 11.3 Å². The lowest BCUT2D eigenvalue weighted by molar-refractivity contribution is -0.122. The third-order valence-electron chi connectivity index (χ3n) is 3.20. The number of carbonyl (C=O) groups excluding carboxylic acids is 1. The highest BCUT2D eigenvalue weighted by Gasteiger charge is 2.11. The van der Waals surface area contributed by atoms with Gasteiger partial charge in [0, 0.05) is 24.2 Å². The van der Waals surface area contributed by atoms with Gasteiger partial charge < -0.3 is 10.6 Å². The van der Waals surface area contributed by atoms with E-state index in [0.717, 1.165) is 25.1 Å². The molecule has 114 valence electrons. The molecule has 6 heteroatoms. The largest absolute Gasteiger partial charge is 0.354 e. The van der Waals surface area contributed by atoms with E-state index in [1.165, 1.54) is 4.88 Å². The molecular formula is C15H22N4OS. The number of nitrogens with one attached hydrogen (secondary N) is 2. The van der Waals surface area contributed by atoms with Crippen LogP contribution in [0.1, 0.15) is 17.4 Å². The molecule has 0 aromatic carbocycles. The van der Waals surface area contributed by atoms with Crippen molar-refractivity contribution in [3.05, 3.63) is 40.3 Å². The van der Waals surface area contributed by atoms with Crippen LogP contribution in [-0.2, 0) is 17.8 Å². The lowest BCUT2D eigenvalue weighted by Gasteiger charge is -2.13. The van der Waals surface area contributed by atoms with E-state index < -0.39 is 0 Å². The number of hydrogen-bond acceptors (Lipinski definition) is 4. The number of amides is 1. The molecule has 0 aliphatic carbocycles. The predicted octanol–water partition coefficient (Wildman–Crippen LogP) is 1.59. The first-order valence-electron chi connectivity index (χ1n) is 7.17. The van der Waals surface area contributed by atoms with Crippen LogP contribution < -0.4 is 10.6 Å². The Labute approximate surface area is 129 Å². The van der Waals surface area contributed by atoms with Crippen LogP contribution in [0, 0.1) is 6.92 Å². The number of rotatable bonds is 8. The zero-order chi connectivity index (χ0) is 15.1. The number of aryl methyl sites for hydroxylation is 1. The summed E-state index contributed by atoms with van der Waals surface area (Å²) in [5, 5.41) is 12.4. The van der Waals surface area contributed by atoms with Crippen LogP contribution >= 0.6 is 11.3 Å². The van der Waals surface area contributed by atoms with Crippen molar-refractivity contribution in [3.8, 4) is 0 Å². The van der Waals surface area contributed by atoms with E-state index in [1.54, 1.807) is 11.3 Å². The highest BCUT2D eigenvalue weighted by atomic mass is 32.1. The maximum absolute atomic E-state index is 11.9. The minimum absolute atomic E-state index is 0.0446. The second-order valence-corrected chi connectivity index (χ2v) is 6.11. The Bertz CT molecular complexity index is 550. The fourth-order valence-corrected chi connectivity index (χ4v) is 2.70. The van der Waals surface area contributed by atoms with Gasteiger partial charge in [-0.1, -0.05) is 6.07 Å². The normalized spacial score (nSPS) is 12.3. The molecule has 0 spiro atoms. The zero-order valence-corrected chi connectivity index (χ0v) is 13.3. The van der Waals surface area contributed by atoms with E-state index in [9.17, 15) is 4.79 Å². The molecule has 0 aliphatic rings. The SMILES string of the molecule is Cc1cnn(CCN[C@H](C)C(=O)NCCc2cccs2)c1. The van der Waals surface area contributed by atoms with Crippen LogP contribution in [0.25, 0.3) is 0 Å². The highest BCUT2D eigenvalue weighted by molar-refractivity contribution is 7.09. The van der Waals surface area contributed by atoms with Gasteiger partial charge in [0.1, 0.15) is 0 Å². The molecule has 2 N–H and O–H groups in total. The molecule has 1 amide bonds. The van der Waals surface area contributed by atoms with Crippen LogP contribution in [0.2, 0.25) is 0 Å². The average Bonchev–Trinajstić information content (AvgIpc) is 3.10. The topological polar surface area (TPSA) is 59.0 Å². The van der Waals surface area contributed by atoms with Crippen molar-refractivity contribution in [2.75, 3.05) is 13.1 Å². The molecule has 0 radical (unpaired) electrons. The van der Waals surface area contributed by atoms with E-state index in [2.05, 4.69) is 27.2 Å². The minimum atomic E-state index is -0.190. The van der Waals surface area contributed by atoms with Crippen molar-refractivity contribution < 1.29 is 4.79 Å². The van der Waals surface area contributed by atoms with Gasteiger partial charge in [-0.3, -0.25) is 9.48 Å². The lowest BCUT2D eigenvalue weighted by Crippen LogP contribution is -2.43. The van der Waals surface area contributed by atoms with E-state index in [-0.39, 0.29) is 11.9 Å². The van der Waals surface area contributed by atoms with Crippen molar-refractivity contribution in [1.82, 2.24) is 20.4 Å². The summed E-state index contributed by atoms with van der Waals surface area (Å²) >= 11 is 1.72.